The fourth-order valence-electron chi connectivity index (χ4n) is 1.34. The Morgan fingerprint density at radius 3 is 2.75 bits per heavy atom. The van der Waals surface area contributed by atoms with Gasteiger partial charge in [-0.1, -0.05) is 38.2 Å². The first-order chi connectivity index (χ1) is 7.49. The number of hydrogen-bond donors (Lipinski definition) is 2. The second-order valence-electron chi connectivity index (χ2n) is 3.97. The second kappa shape index (κ2) is 5.61. The van der Waals surface area contributed by atoms with Gasteiger partial charge in [-0.05, 0) is 23.6 Å². The van der Waals surface area contributed by atoms with Crippen molar-refractivity contribution in [2.24, 2.45) is 5.73 Å². The highest BCUT2D eigenvalue weighted by molar-refractivity contribution is 7.80. The van der Waals surface area contributed by atoms with Crippen LogP contribution in [0.2, 0.25) is 0 Å². The van der Waals surface area contributed by atoms with E-state index >= 15 is 0 Å². The van der Waals surface area contributed by atoms with E-state index in [1.807, 2.05) is 24.3 Å². The molecule has 0 saturated heterocycles. The zero-order valence-electron chi connectivity index (χ0n) is 9.49. The van der Waals surface area contributed by atoms with Gasteiger partial charge in [-0.3, -0.25) is 4.79 Å². The summed E-state index contributed by atoms with van der Waals surface area (Å²) >= 11 is 4.67. The number of nitrogens with two attached hydrogens (primary N) is 1. The first kappa shape index (κ1) is 12.6. The van der Waals surface area contributed by atoms with Crippen molar-refractivity contribution in [1.29, 1.82) is 0 Å². The summed E-state index contributed by atoms with van der Waals surface area (Å²) in [5.74, 6) is 0.265. The summed E-state index contributed by atoms with van der Waals surface area (Å²) in [6.07, 6.45) is 0.0846. The van der Waals surface area contributed by atoms with Crippen LogP contribution in [-0.2, 0) is 4.79 Å². The third-order valence-corrected chi connectivity index (χ3v) is 2.32. The molecule has 86 valence electrons. The van der Waals surface area contributed by atoms with Gasteiger partial charge in [-0.2, -0.15) is 0 Å². The van der Waals surface area contributed by atoms with Gasteiger partial charge in [0.1, 0.15) is 0 Å². The number of amides is 1. The van der Waals surface area contributed by atoms with Gasteiger partial charge in [-0.25, -0.2) is 0 Å². The molecular weight excluding hydrogens is 220 g/mol. The summed E-state index contributed by atoms with van der Waals surface area (Å²) in [4.78, 5) is 11.6. The van der Waals surface area contributed by atoms with Crippen LogP contribution in [0, 0.1) is 0 Å². The van der Waals surface area contributed by atoms with Crippen molar-refractivity contribution in [3.05, 3.63) is 29.8 Å². The summed E-state index contributed by atoms with van der Waals surface area (Å²) in [5.41, 5.74) is 7.27. The molecule has 0 atom stereocenters. The minimum Gasteiger partial charge on any atom is -0.393 e. The molecule has 4 heteroatoms. The zero-order chi connectivity index (χ0) is 12.1. The first-order valence-electron chi connectivity index (χ1n) is 5.17. The zero-order valence-corrected chi connectivity index (χ0v) is 10.3. The van der Waals surface area contributed by atoms with Gasteiger partial charge < -0.3 is 11.1 Å². The van der Waals surface area contributed by atoms with Gasteiger partial charge in [0.15, 0.2) is 0 Å². The quantitative estimate of drug-likeness (QED) is 0.789. The molecule has 1 aromatic carbocycles. The van der Waals surface area contributed by atoms with Crippen molar-refractivity contribution in [3.8, 4) is 0 Å². The highest BCUT2D eigenvalue weighted by Gasteiger charge is 2.05. The lowest BCUT2D eigenvalue weighted by Gasteiger charge is -2.09. The molecule has 0 aliphatic carbocycles. The van der Waals surface area contributed by atoms with Gasteiger partial charge in [0, 0.05) is 5.69 Å². The Balaban J connectivity index is 2.70. The van der Waals surface area contributed by atoms with Crippen molar-refractivity contribution < 1.29 is 4.79 Å². The van der Waals surface area contributed by atoms with Crippen molar-refractivity contribution >= 4 is 28.8 Å². The number of rotatable bonds is 4. The highest BCUT2D eigenvalue weighted by atomic mass is 32.1. The molecule has 1 rings (SSSR count). The normalized spacial score (nSPS) is 10.2. The lowest BCUT2D eigenvalue weighted by Crippen LogP contribution is -2.20. The number of carbonyl (C=O) groups is 1. The molecule has 0 saturated carbocycles. The Morgan fingerprint density at radius 2 is 2.19 bits per heavy atom. The number of nitrogens with one attached hydrogen (secondary N) is 1. The van der Waals surface area contributed by atoms with E-state index in [0.29, 0.717) is 5.92 Å². The molecule has 1 amide bonds. The number of thiocarbonyl (C=S) groups is 1. The van der Waals surface area contributed by atoms with Gasteiger partial charge in [0.25, 0.3) is 0 Å². The Morgan fingerprint density at radius 1 is 1.50 bits per heavy atom. The van der Waals surface area contributed by atoms with E-state index in [1.165, 1.54) is 5.56 Å². The van der Waals surface area contributed by atoms with Crippen molar-refractivity contribution in [2.75, 3.05) is 5.32 Å². The minimum atomic E-state index is -0.173. The van der Waals surface area contributed by atoms with E-state index in [4.69, 9.17) is 5.73 Å². The van der Waals surface area contributed by atoms with Crippen LogP contribution < -0.4 is 11.1 Å². The lowest BCUT2D eigenvalue weighted by atomic mass is 10.0. The fourth-order valence-corrected chi connectivity index (χ4v) is 1.47. The molecule has 0 bridgehead atoms. The average molecular weight is 236 g/mol. The van der Waals surface area contributed by atoms with Gasteiger partial charge in [0.2, 0.25) is 5.91 Å². The van der Waals surface area contributed by atoms with Crippen LogP contribution in [0.5, 0.6) is 0 Å². The minimum absolute atomic E-state index is 0.0846. The van der Waals surface area contributed by atoms with E-state index in [9.17, 15) is 4.79 Å². The molecular formula is C12H16N2OS. The maximum Gasteiger partial charge on any atom is 0.231 e. The molecule has 0 heterocycles. The Labute approximate surface area is 101 Å². The SMILES string of the molecule is CC(C)c1cccc(NC(=O)CC(N)=S)c1. The van der Waals surface area contributed by atoms with Gasteiger partial charge >= 0.3 is 0 Å². The largest absolute Gasteiger partial charge is 0.393 e. The molecule has 3 nitrogen and oxygen atoms in total. The van der Waals surface area contributed by atoms with Gasteiger partial charge in [0.05, 0.1) is 11.4 Å². The molecule has 1 aromatic rings. The van der Waals surface area contributed by atoms with Crippen LogP contribution in [-0.4, -0.2) is 10.9 Å². The predicted molar refractivity (Wildman–Crippen MR) is 70.6 cm³/mol. The summed E-state index contributed by atoms with van der Waals surface area (Å²) in [6.45, 7) is 4.21. The molecule has 3 N–H and O–H groups in total. The number of benzene rings is 1. The number of anilines is 1. The summed E-state index contributed by atoms with van der Waals surface area (Å²) < 4.78 is 0. The van der Waals surface area contributed by atoms with Crippen LogP contribution in [0.4, 0.5) is 5.69 Å². The van der Waals surface area contributed by atoms with E-state index < -0.39 is 0 Å². The molecule has 0 unspecified atom stereocenters. The molecule has 0 aromatic heterocycles. The van der Waals surface area contributed by atoms with Crippen LogP contribution >= 0.6 is 12.2 Å². The summed E-state index contributed by atoms with van der Waals surface area (Å²) in [6, 6.07) is 7.77. The molecule has 0 spiro atoms. The maximum absolute atomic E-state index is 11.4. The molecule has 0 radical (unpaired) electrons. The van der Waals surface area contributed by atoms with Crippen LogP contribution in [0.3, 0.4) is 0 Å². The molecule has 0 fully saturated rings. The van der Waals surface area contributed by atoms with Crippen LogP contribution in [0.25, 0.3) is 0 Å². The van der Waals surface area contributed by atoms with Crippen molar-refractivity contribution in [2.45, 2.75) is 26.2 Å². The van der Waals surface area contributed by atoms with Crippen molar-refractivity contribution in [3.63, 3.8) is 0 Å². The summed E-state index contributed by atoms with van der Waals surface area (Å²) in [7, 11) is 0. The Bertz CT molecular complexity index is 402. The first-order valence-corrected chi connectivity index (χ1v) is 5.58. The van der Waals surface area contributed by atoms with Crippen LogP contribution in [0.1, 0.15) is 31.7 Å². The molecule has 0 aliphatic rings. The third kappa shape index (κ3) is 3.98. The average Bonchev–Trinajstić information content (AvgIpc) is 2.16. The van der Waals surface area contributed by atoms with Crippen molar-refractivity contribution in [1.82, 2.24) is 0 Å². The highest BCUT2D eigenvalue weighted by Crippen LogP contribution is 2.18. The van der Waals surface area contributed by atoms with Crippen LogP contribution in [0.15, 0.2) is 24.3 Å². The Kier molecular flexibility index (Phi) is 4.43. The molecule has 0 aliphatic heterocycles. The van der Waals surface area contributed by atoms with E-state index in [1.54, 1.807) is 0 Å². The van der Waals surface area contributed by atoms with E-state index in [0.717, 1.165) is 5.69 Å². The Hall–Kier alpha value is -1.42. The number of carbonyl (C=O) groups excluding carboxylic acids is 1. The van der Waals surface area contributed by atoms with E-state index in [-0.39, 0.29) is 17.3 Å². The maximum atomic E-state index is 11.4. The van der Waals surface area contributed by atoms with Gasteiger partial charge in [-0.15, -0.1) is 0 Å². The monoisotopic (exact) mass is 236 g/mol. The summed E-state index contributed by atoms with van der Waals surface area (Å²) in [5, 5.41) is 2.76. The predicted octanol–water partition coefficient (Wildman–Crippen LogP) is 2.42. The topological polar surface area (TPSA) is 55.1 Å². The fraction of sp³-hybridized carbons (Fsp3) is 0.333. The second-order valence-corrected chi connectivity index (χ2v) is 4.50. The standard InChI is InChI=1S/C12H16N2OS/c1-8(2)9-4-3-5-10(6-9)14-12(15)7-11(13)16/h3-6,8H,7H2,1-2H3,(H2,13,16)(H,14,15). The van der Waals surface area contributed by atoms with E-state index in [2.05, 4.69) is 31.4 Å². The third-order valence-electron chi connectivity index (χ3n) is 2.17. The smallest absolute Gasteiger partial charge is 0.231 e. The number of hydrogen-bond acceptors (Lipinski definition) is 2. The lowest BCUT2D eigenvalue weighted by molar-refractivity contribution is -0.115. The molecule has 16 heavy (non-hydrogen) atoms.